The lowest BCUT2D eigenvalue weighted by atomic mass is 10.1. The van der Waals surface area contributed by atoms with E-state index in [1.807, 2.05) is 6.07 Å². The number of amides is 2. The Labute approximate surface area is 234 Å². The van der Waals surface area contributed by atoms with Crippen molar-refractivity contribution in [2.45, 2.75) is 37.0 Å². The molecule has 0 bridgehead atoms. The van der Waals surface area contributed by atoms with E-state index in [0.717, 1.165) is 36.9 Å². The summed E-state index contributed by atoms with van der Waals surface area (Å²) < 4.78 is 39.0. The molecule has 10 heteroatoms. The number of hydrogen-bond donors (Lipinski definition) is 1. The normalized spacial score (nSPS) is 15.7. The number of nitrogens with zero attached hydrogens (tertiary/aromatic N) is 2. The monoisotopic (exact) mass is 563 g/mol. The molecule has 2 aliphatic rings. The molecular formula is C30H33N3O6S. The minimum atomic E-state index is -3.84. The van der Waals surface area contributed by atoms with Gasteiger partial charge >= 0.3 is 0 Å². The maximum atomic E-state index is 13.5. The van der Waals surface area contributed by atoms with Gasteiger partial charge in [0.1, 0.15) is 16.4 Å². The van der Waals surface area contributed by atoms with Crippen molar-refractivity contribution in [2.24, 2.45) is 0 Å². The summed E-state index contributed by atoms with van der Waals surface area (Å²) >= 11 is 0. The molecule has 0 atom stereocenters. The molecule has 1 N–H and O–H groups in total. The number of carbonyl (C=O) groups excluding carboxylic acids is 2. The number of carbonyl (C=O) groups is 2. The van der Waals surface area contributed by atoms with Crippen molar-refractivity contribution in [3.63, 3.8) is 0 Å². The highest BCUT2D eigenvalue weighted by Crippen LogP contribution is 2.33. The van der Waals surface area contributed by atoms with E-state index in [1.165, 1.54) is 23.5 Å². The van der Waals surface area contributed by atoms with E-state index in [2.05, 4.69) is 5.32 Å². The van der Waals surface area contributed by atoms with Crippen LogP contribution in [-0.2, 0) is 16.4 Å². The highest BCUT2D eigenvalue weighted by atomic mass is 32.2. The SMILES string of the molecule is COc1ccc(C(=O)N2CCc3ccc(NC(=O)c4ccc(OC)c(S(=O)(=O)N5CCCCCC5)c4)cc32)cc1. The number of hydrogen-bond acceptors (Lipinski definition) is 6. The Hall–Kier alpha value is -3.89. The fourth-order valence-electron chi connectivity index (χ4n) is 5.20. The quantitative estimate of drug-likeness (QED) is 0.446. The molecule has 0 aliphatic carbocycles. The summed E-state index contributed by atoms with van der Waals surface area (Å²) in [6.07, 6.45) is 4.31. The number of rotatable bonds is 7. The van der Waals surface area contributed by atoms with Gasteiger partial charge in [0.2, 0.25) is 10.0 Å². The van der Waals surface area contributed by atoms with E-state index in [0.29, 0.717) is 43.1 Å². The third kappa shape index (κ3) is 5.55. The van der Waals surface area contributed by atoms with Gasteiger partial charge in [-0.25, -0.2) is 8.42 Å². The summed E-state index contributed by atoms with van der Waals surface area (Å²) in [5.74, 6) is 0.277. The van der Waals surface area contributed by atoms with E-state index in [4.69, 9.17) is 9.47 Å². The molecule has 40 heavy (non-hydrogen) atoms. The number of benzene rings is 3. The van der Waals surface area contributed by atoms with Crippen LogP contribution in [0.4, 0.5) is 11.4 Å². The lowest BCUT2D eigenvalue weighted by Crippen LogP contribution is -2.32. The first-order chi connectivity index (χ1) is 19.3. The molecule has 2 heterocycles. The van der Waals surface area contributed by atoms with Crippen LogP contribution in [0.2, 0.25) is 0 Å². The lowest BCUT2D eigenvalue weighted by molar-refractivity contribution is 0.0988. The van der Waals surface area contributed by atoms with Crippen LogP contribution in [0.3, 0.4) is 0 Å². The highest BCUT2D eigenvalue weighted by molar-refractivity contribution is 7.89. The largest absolute Gasteiger partial charge is 0.497 e. The summed E-state index contributed by atoms with van der Waals surface area (Å²) in [6.45, 7) is 1.43. The summed E-state index contributed by atoms with van der Waals surface area (Å²) in [4.78, 5) is 28.2. The van der Waals surface area contributed by atoms with Crippen molar-refractivity contribution in [3.05, 3.63) is 77.4 Å². The van der Waals surface area contributed by atoms with Crippen LogP contribution in [0.1, 0.15) is 52.0 Å². The number of fused-ring (bicyclic) bond motifs is 1. The molecule has 3 aromatic carbocycles. The first-order valence-electron chi connectivity index (χ1n) is 13.4. The first kappa shape index (κ1) is 27.7. The Morgan fingerprint density at radius 1 is 0.800 bits per heavy atom. The molecule has 5 rings (SSSR count). The highest BCUT2D eigenvalue weighted by Gasteiger charge is 2.30. The van der Waals surface area contributed by atoms with Crippen LogP contribution >= 0.6 is 0 Å². The van der Waals surface area contributed by atoms with Gasteiger partial charge in [0.25, 0.3) is 11.8 Å². The number of anilines is 2. The van der Waals surface area contributed by atoms with Crippen molar-refractivity contribution in [3.8, 4) is 11.5 Å². The minimum Gasteiger partial charge on any atom is -0.497 e. The molecule has 0 spiro atoms. The zero-order valence-electron chi connectivity index (χ0n) is 22.7. The molecule has 210 valence electrons. The van der Waals surface area contributed by atoms with Crippen LogP contribution in [0.5, 0.6) is 11.5 Å². The predicted molar refractivity (Wildman–Crippen MR) is 153 cm³/mol. The molecule has 0 radical (unpaired) electrons. The Kier molecular flexibility index (Phi) is 8.09. The summed E-state index contributed by atoms with van der Waals surface area (Å²) in [6, 6.07) is 16.8. The zero-order valence-corrected chi connectivity index (χ0v) is 23.5. The maximum Gasteiger partial charge on any atom is 0.258 e. The molecule has 1 saturated heterocycles. The third-order valence-corrected chi connectivity index (χ3v) is 9.35. The summed E-state index contributed by atoms with van der Waals surface area (Å²) in [5, 5.41) is 2.87. The Bertz CT molecular complexity index is 1510. The molecule has 0 saturated carbocycles. The van der Waals surface area contributed by atoms with Gasteiger partial charge in [0.15, 0.2) is 0 Å². The lowest BCUT2D eigenvalue weighted by Gasteiger charge is -2.21. The Balaban J connectivity index is 1.37. The second-order valence-corrected chi connectivity index (χ2v) is 11.8. The number of nitrogens with one attached hydrogen (secondary N) is 1. The van der Waals surface area contributed by atoms with Crippen LogP contribution in [0.25, 0.3) is 0 Å². The molecule has 2 amide bonds. The average molecular weight is 564 g/mol. The van der Waals surface area contributed by atoms with Gasteiger partial charge in [-0.15, -0.1) is 0 Å². The van der Waals surface area contributed by atoms with Crippen LogP contribution in [-0.4, -0.2) is 58.4 Å². The molecule has 0 aromatic heterocycles. The molecule has 1 fully saturated rings. The molecule has 0 unspecified atom stereocenters. The van der Waals surface area contributed by atoms with Gasteiger partial charge < -0.3 is 19.7 Å². The maximum absolute atomic E-state index is 13.5. The van der Waals surface area contributed by atoms with Gasteiger partial charge in [0, 0.05) is 42.1 Å². The van der Waals surface area contributed by atoms with Crippen LogP contribution < -0.4 is 19.7 Å². The zero-order chi connectivity index (χ0) is 28.3. The first-order valence-corrected chi connectivity index (χ1v) is 14.8. The van der Waals surface area contributed by atoms with Crippen LogP contribution in [0.15, 0.2) is 65.6 Å². The van der Waals surface area contributed by atoms with Gasteiger partial charge in [-0.2, -0.15) is 4.31 Å². The number of methoxy groups -OCH3 is 2. The standard InChI is InChI=1S/C30H33N3O6S/c1-38-25-12-8-22(9-13-25)30(35)33-18-15-21-7-11-24(20-26(21)33)31-29(34)23-10-14-27(39-2)28(19-23)40(36,37)32-16-5-3-4-6-17-32/h7-14,19-20H,3-6,15-18H2,1-2H3,(H,31,34). The Morgan fingerprint density at radius 2 is 1.50 bits per heavy atom. The summed E-state index contributed by atoms with van der Waals surface area (Å²) in [7, 11) is -0.845. The molecule has 3 aromatic rings. The van der Waals surface area contributed by atoms with E-state index in [1.54, 1.807) is 54.5 Å². The summed E-state index contributed by atoms with van der Waals surface area (Å²) in [5.41, 5.74) is 2.99. The second-order valence-electron chi connectivity index (χ2n) is 9.92. The number of sulfonamides is 1. The fraction of sp³-hybridized carbons (Fsp3) is 0.333. The second kappa shape index (κ2) is 11.7. The van der Waals surface area contributed by atoms with Gasteiger partial charge in [-0.1, -0.05) is 18.9 Å². The third-order valence-electron chi connectivity index (χ3n) is 7.43. The molecule has 2 aliphatic heterocycles. The Morgan fingerprint density at radius 3 is 2.17 bits per heavy atom. The van der Waals surface area contributed by atoms with Crippen LogP contribution in [0, 0.1) is 0 Å². The average Bonchev–Trinajstić information content (AvgIpc) is 3.19. The minimum absolute atomic E-state index is 0.0187. The van der Waals surface area contributed by atoms with Crippen molar-refractivity contribution in [1.29, 1.82) is 0 Å². The van der Waals surface area contributed by atoms with Crippen molar-refractivity contribution >= 4 is 33.2 Å². The molecular weight excluding hydrogens is 530 g/mol. The predicted octanol–water partition coefficient (Wildman–Crippen LogP) is 4.72. The van der Waals surface area contributed by atoms with Gasteiger partial charge in [0.05, 0.1) is 14.2 Å². The van der Waals surface area contributed by atoms with Crippen molar-refractivity contribution in [2.75, 3.05) is 44.1 Å². The smallest absolute Gasteiger partial charge is 0.258 e. The van der Waals surface area contributed by atoms with E-state index < -0.39 is 15.9 Å². The molecule has 9 nitrogen and oxygen atoms in total. The topological polar surface area (TPSA) is 105 Å². The van der Waals surface area contributed by atoms with Crippen molar-refractivity contribution < 1.29 is 27.5 Å². The fourth-order valence-corrected chi connectivity index (χ4v) is 6.90. The van der Waals surface area contributed by atoms with E-state index in [9.17, 15) is 18.0 Å². The van der Waals surface area contributed by atoms with Crippen molar-refractivity contribution in [1.82, 2.24) is 4.31 Å². The van der Waals surface area contributed by atoms with Gasteiger partial charge in [-0.3, -0.25) is 9.59 Å². The van der Waals surface area contributed by atoms with E-state index >= 15 is 0 Å². The van der Waals surface area contributed by atoms with Gasteiger partial charge in [-0.05, 0) is 79.4 Å². The number of ether oxygens (including phenoxy) is 2. The van der Waals surface area contributed by atoms with E-state index in [-0.39, 0.29) is 22.1 Å².